The number of Topliss-reactive ketones (excluding diaryl/α,β-unsaturated/α-hetero) is 1. The molecule has 0 spiro atoms. The van der Waals surface area contributed by atoms with Crippen molar-refractivity contribution < 1.29 is 4.79 Å². The molecular weight excluding hydrogens is 222 g/mol. The Morgan fingerprint density at radius 2 is 2.06 bits per heavy atom. The molecule has 102 valence electrons. The molecule has 18 heavy (non-hydrogen) atoms. The lowest BCUT2D eigenvalue weighted by Gasteiger charge is -2.28. The summed E-state index contributed by atoms with van der Waals surface area (Å²) in [7, 11) is 0. The van der Waals surface area contributed by atoms with Gasteiger partial charge in [0.15, 0.2) is 5.78 Å². The summed E-state index contributed by atoms with van der Waals surface area (Å²) in [6, 6.07) is 0. The number of rotatable bonds is 5. The maximum atomic E-state index is 12.3. The quantitative estimate of drug-likeness (QED) is 0.548. The molecule has 1 aliphatic heterocycles. The van der Waals surface area contributed by atoms with Crippen LogP contribution >= 0.6 is 0 Å². The van der Waals surface area contributed by atoms with E-state index in [1.807, 2.05) is 0 Å². The van der Waals surface area contributed by atoms with Crippen molar-refractivity contribution in [3.63, 3.8) is 0 Å². The van der Waals surface area contributed by atoms with Gasteiger partial charge < -0.3 is 4.90 Å². The third-order valence-corrected chi connectivity index (χ3v) is 4.33. The largest absolute Gasteiger partial charge is 0.303 e. The maximum Gasteiger partial charge on any atom is 0.162 e. The summed E-state index contributed by atoms with van der Waals surface area (Å²) in [4.78, 5) is 14.8. The Hall–Kier alpha value is -0.630. The summed E-state index contributed by atoms with van der Waals surface area (Å²) >= 11 is 0. The van der Waals surface area contributed by atoms with Crippen molar-refractivity contribution in [3.05, 3.63) is 11.6 Å². The van der Waals surface area contributed by atoms with Crippen LogP contribution in [0.4, 0.5) is 0 Å². The number of likely N-dealkylation sites (tertiary alicyclic amines) is 1. The number of hydrogen-bond acceptors (Lipinski definition) is 2. The van der Waals surface area contributed by atoms with Gasteiger partial charge in [0.1, 0.15) is 0 Å². The van der Waals surface area contributed by atoms with E-state index in [0.29, 0.717) is 11.7 Å². The van der Waals surface area contributed by atoms with E-state index in [-0.39, 0.29) is 0 Å². The molecular formula is C16H27NO. The van der Waals surface area contributed by atoms with Gasteiger partial charge in [-0.1, -0.05) is 32.3 Å². The van der Waals surface area contributed by atoms with E-state index in [1.165, 1.54) is 45.2 Å². The molecule has 1 atom stereocenters. The van der Waals surface area contributed by atoms with Crippen molar-refractivity contribution >= 4 is 5.78 Å². The highest BCUT2D eigenvalue weighted by molar-refractivity contribution is 5.99. The van der Waals surface area contributed by atoms with Gasteiger partial charge in [-0.3, -0.25) is 4.79 Å². The summed E-state index contributed by atoms with van der Waals surface area (Å²) in [6.45, 7) is 5.63. The smallest absolute Gasteiger partial charge is 0.162 e. The van der Waals surface area contributed by atoms with Gasteiger partial charge in [0, 0.05) is 12.5 Å². The Labute approximate surface area is 111 Å². The second-order valence-electron chi connectivity index (χ2n) is 5.83. The molecule has 0 amide bonds. The van der Waals surface area contributed by atoms with Crippen LogP contribution in [0.5, 0.6) is 0 Å². The van der Waals surface area contributed by atoms with Gasteiger partial charge in [-0.25, -0.2) is 0 Å². The Bertz CT molecular complexity index is 302. The van der Waals surface area contributed by atoms with Crippen molar-refractivity contribution in [1.82, 2.24) is 4.90 Å². The minimum atomic E-state index is 0.302. The second kappa shape index (κ2) is 7.08. The van der Waals surface area contributed by atoms with Crippen LogP contribution in [-0.2, 0) is 4.79 Å². The lowest BCUT2D eigenvalue weighted by molar-refractivity contribution is -0.118. The monoisotopic (exact) mass is 249 g/mol. The zero-order valence-electron chi connectivity index (χ0n) is 11.8. The molecule has 0 aromatic carbocycles. The van der Waals surface area contributed by atoms with E-state index >= 15 is 0 Å². The molecule has 0 radical (unpaired) electrons. The molecule has 0 unspecified atom stereocenters. The van der Waals surface area contributed by atoms with Crippen LogP contribution in [-0.4, -0.2) is 30.3 Å². The minimum absolute atomic E-state index is 0.302. The van der Waals surface area contributed by atoms with E-state index in [0.717, 1.165) is 31.4 Å². The molecule has 2 rings (SSSR count). The predicted molar refractivity (Wildman–Crippen MR) is 75.6 cm³/mol. The van der Waals surface area contributed by atoms with Gasteiger partial charge in [0.2, 0.25) is 0 Å². The van der Waals surface area contributed by atoms with Crippen LogP contribution in [0.2, 0.25) is 0 Å². The summed E-state index contributed by atoms with van der Waals surface area (Å²) in [5, 5.41) is 0. The molecule has 1 aliphatic carbocycles. The zero-order chi connectivity index (χ0) is 12.8. The standard InChI is InChI=1S/C16H27NO/c1-2-3-5-8-14-9-10-15(16(14)18)13-17-11-6-4-7-12-17/h8,15H,2-7,9-13H2,1H3/b14-8-/t15-/m0/s1. The number of ketones is 1. The van der Waals surface area contributed by atoms with Crippen molar-refractivity contribution in [3.8, 4) is 0 Å². The fourth-order valence-electron chi connectivity index (χ4n) is 3.16. The lowest BCUT2D eigenvalue weighted by Crippen LogP contribution is -2.35. The van der Waals surface area contributed by atoms with E-state index < -0.39 is 0 Å². The van der Waals surface area contributed by atoms with Gasteiger partial charge in [0.05, 0.1) is 0 Å². The molecule has 1 saturated heterocycles. The summed E-state index contributed by atoms with van der Waals surface area (Å²) in [6.07, 6.45) is 11.9. The third-order valence-electron chi connectivity index (χ3n) is 4.33. The van der Waals surface area contributed by atoms with Crippen molar-refractivity contribution in [1.29, 1.82) is 0 Å². The van der Waals surface area contributed by atoms with Crippen LogP contribution in [0.25, 0.3) is 0 Å². The minimum Gasteiger partial charge on any atom is -0.303 e. The molecule has 1 heterocycles. The van der Waals surface area contributed by atoms with Crippen LogP contribution in [0.3, 0.4) is 0 Å². The first-order valence-corrected chi connectivity index (χ1v) is 7.77. The summed E-state index contributed by atoms with van der Waals surface area (Å²) < 4.78 is 0. The third kappa shape index (κ3) is 3.68. The number of hydrogen-bond donors (Lipinski definition) is 0. The van der Waals surface area contributed by atoms with E-state index in [9.17, 15) is 4.79 Å². The molecule has 2 heteroatoms. The number of carbonyl (C=O) groups excluding carboxylic acids is 1. The average molecular weight is 249 g/mol. The molecule has 0 N–H and O–H groups in total. The molecule has 0 bridgehead atoms. The van der Waals surface area contributed by atoms with Crippen molar-refractivity contribution in [2.75, 3.05) is 19.6 Å². The number of allylic oxidation sites excluding steroid dienone is 2. The van der Waals surface area contributed by atoms with Gasteiger partial charge in [0.25, 0.3) is 0 Å². The van der Waals surface area contributed by atoms with Crippen molar-refractivity contribution in [2.24, 2.45) is 5.92 Å². The molecule has 2 fully saturated rings. The topological polar surface area (TPSA) is 20.3 Å². The number of nitrogens with zero attached hydrogens (tertiary/aromatic N) is 1. The number of unbranched alkanes of at least 4 members (excludes halogenated alkanes) is 2. The molecule has 0 aromatic heterocycles. The van der Waals surface area contributed by atoms with Gasteiger partial charge in [-0.15, -0.1) is 0 Å². The van der Waals surface area contributed by atoms with Crippen LogP contribution < -0.4 is 0 Å². The van der Waals surface area contributed by atoms with E-state index in [2.05, 4.69) is 17.9 Å². The van der Waals surface area contributed by atoms with Gasteiger partial charge >= 0.3 is 0 Å². The Balaban J connectivity index is 1.80. The van der Waals surface area contributed by atoms with E-state index in [4.69, 9.17) is 0 Å². The Morgan fingerprint density at radius 3 is 2.78 bits per heavy atom. The van der Waals surface area contributed by atoms with Gasteiger partial charge in [-0.05, 0) is 50.8 Å². The van der Waals surface area contributed by atoms with Crippen LogP contribution in [0.15, 0.2) is 11.6 Å². The van der Waals surface area contributed by atoms with Crippen molar-refractivity contribution in [2.45, 2.75) is 58.3 Å². The highest BCUT2D eigenvalue weighted by Gasteiger charge is 2.30. The van der Waals surface area contributed by atoms with Crippen LogP contribution in [0, 0.1) is 5.92 Å². The van der Waals surface area contributed by atoms with Crippen LogP contribution in [0.1, 0.15) is 58.3 Å². The lowest BCUT2D eigenvalue weighted by atomic mass is 10.0. The highest BCUT2D eigenvalue weighted by Crippen LogP contribution is 2.28. The fourth-order valence-corrected chi connectivity index (χ4v) is 3.16. The first-order valence-electron chi connectivity index (χ1n) is 7.77. The Morgan fingerprint density at radius 1 is 1.28 bits per heavy atom. The van der Waals surface area contributed by atoms with Gasteiger partial charge in [-0.2, -0.15) is 0 Å². The predicted octanol–water partition coefficient (Wildman–Crippen LogP) is 3.57. The van der Waals surface area contributed by atoms with E-state index in [1.54, 1.807) is 0 Å². The number of carbonyl (C=O) groups is 1. The SMILES string of the molecule is CCCC/C=C1/CC[C@@H](CN2CCCCC2)C1=O. The second-order valence-corrected chi connectivity index (χ2v) is 5.83. The molecule has 0 aromatic rings. The zero-order valence-corrected chi connectivity index (χ0v) is 11.8. The summed E-state index contributed by atoms with van der Waals surface area (Å²) in [5.41, 5.74) is 1.13. The first kappa shape index (κ1) is 13.8. The average Bonchev–Trinajstić information content (AvgIpc) is 2.73. The number of piperidine rings is 1. The molecule has 2 nitrogen and oxygen atoms in total. The normalized spacial score (nSPS) is 28.2. The maximum absolute atomic E-state index is 12.3. The molecule has 1 saturated carbocycles. The molecule has 2 aliphatic rings. The highest BCUT2D eigenvalue weighted by atomic mass is 16.1. The Kier molecular flexibility index (Phi) is 5.43. The summed E-state index contributed by atoms with van der Waals surface area (Å²) in [5.74, 6) is 0.757. The first-order chi connectivity index (χ1) is 8.81. The fraction of sp³-hybridized carbons (Fsp3) is 0.812.